The number of hydrogen-bond donors (Lipinski definition) is 1. The quantitative estimate of drug-likeness (QED) is 0.672. The fourth-order valence-corrected chi connectivity index (χ4v) is 3.04. The Balaban J connectivity index is 2.10. The molecule has 0 spiro atoms. The van der Waals surface area contributed by atoms with Gasteiger partial charge in [-0.25, -0.2) is 0 Å². The van der Waals surface area contributed by atoms with Gasteiger partial charge < -0.3 is 10.0 Å². The van der Waals surface area contributed by atoms with Crippen LogP contribution in [0.4, 0.5) is 0 Å². The molecular weight excluding hydrogens is 278 g/mol. The van der Waals surface area contributed by atoms with Gasteiger partial charge in [0, 0.05) is 29.1 Å². The lowest BCUT2D eigenvalue weighted by Gasteiger charge is -2.29. The molecule has 0 amide bonds. The number of benzene rings is 1. The summed E-state index contributed by atoms with van der Waals surface area (Å²) in [6.45, 7) is 4.36. The summed E-state index contributed by atoms with van der Waals surface area (Å²) in [6.07, 6.45) is 3.67. The van der Waals surface area contributed by atoms with E-state index in [1.165, 1.54) is 0 Å². The molecule has 2 aliphatic rings. The predicted octanol–water partition coefficient (Wildman–Crippen LogP) is 2.48. The van der Waals surface area contributed by atoms with Gasteiger partial charge in [-0.05, 0) is 31.6 Å². The number of carbonyl (C=O) groups excluding carboxylic acids is 2. The van der Waals surface area contributed by atoms with Crippen molar-refractivity contribution in [3.05, 3.63) is 70.1 Å². The molecule has 4 nitrogen and oxygen atoms in total. The number of Topliss-reactive ketones (excluding diaryl/α,β-unsaturated/α-hetero) is 2. The van der Waals surface area contributed by atoms with Gasteiger partial charge >= 0.3 is 0 Å². The van der Waals surface area contributed by atoms with Crippen molar-refractivity contribution in [2.24, 2.45) is 0 Å². The lowest BCUT2D eigenvalue weighted by Crippen LogP contribution is -2.26. The van der Waals surface area contributed by atoms with E-state index in [1.807, 2.05) is 30.9 Å². The van der Waals surface area contributed by atoms with Crippen LogP contribution < -0.4 is 0 Å². The summed E-state index contributed by atoms with van der Waals surface area (Å²) in [7, 11) is 0. The number of fused-ring (bicyclic) bond motifs is 1. The highest BCUT2D eigenvalue weighted by atomic mass is 16.3. The van der Waals surface area contributed by atoms with Crippen LogP contribution in [0.1, 0.15) is 34.6 Å². The van der Waals surface area contributed by atoms with Crippen LogP contribution in [0.5, 0.6) is 0 Å². The molecule has 0 radical (unpaired) electrons. The van der Waals surface area contributed by atoms with E-state index >= 15 is 0 Å². The summed E-state index contributed by atoms with van der Waals surface area (Å²) in [5.74, 6) is -0.418. The Kier molecular flexibility index (Phi) is 3.54. The van der Waals surface area contributed by atoms with Crippen LogP contribution in [0.25, 0.3) is 0 Å². The van der Waals surface area contributed by atoms with Crippen LogP contribution >= 0.6 is 0 Å². The third-order valence-corrected chi connectivity index (χ3v) is 4.06. The lowest BCUT2D eigenvalue weighted by atomic mass is 9.99. The van der Waals surface area contributed by atoms with Gasteiger partial charge in [-0.15, -0.1) is 0 Å². The van der Waals surface area contributed by atoms with E-state index < -0.39 is 0 Å². The zero-order valence-electron chi connectivity index (χ0n) is 12.6. The number of hydrogen-bond acceptors (Lipinski definition) is 4. The maximum atomic E-state index is 12.5. The number of ketones is 2. The summed E-state index contributed by atoms with van der Waals surface area (Å²) < 4.78 is 0. The standard InChI is InChI=1S/C18H17NO3/c1-11-9-13(10-12(2)19(11)7-8-20)16-17(21)14-5-3-4-6-15(14)18(16)22/h3-6,9-10,20H,7-8H2,1-2H3. The molecule has 0 aromatic heterocycles. The summed E-state index contributed by atoms with van der Waals surface area (Å²) in [5.41, 5.74) is 3.66. The van der Waals surface area contributed by atoms with Gasteiger partial charge in [-0.3, -0.25) is 9.59 Å². The third-order valence-electron chi connectivity index (χ3n) is 4.06. The number of carbonyl (C=O) groups is 2. The Bertz CT molecular complexity index is 709. The molecule has 1 N–H and O–H groups in total. The van der Waals surface area contributed by atoms with Crippen LogP contribution in [-0.2, 0) is 0 Å². The van der Waals surface area contributed by atoms with Gasteiger partial charge in [0.2, 0.25) is 0 Å². The van der Waals surface area contributed by atoms with Gasteiger partial charge in [-0.1, -0.05) is 24.3 Å². The van der Waals surface area contributed by atoms with E-state index in [0.29, 0.717) is 23.2 Å². The third kappa shape index (κ3) is 2.12. The Hall–Kier alpha value is -2.46. The maximum absolute atomic E-state index is 12.5. The summed E-state index contributed by atoms with van der Waals surface area (Å²) in [5, 5.41) is 9.12. The van der Waals surface area contributed by atoms with Crippen LogP contribution in [0, 0.1) is 0 Å². The normalized spacial score (nSPS) is 17.7. The highest BCUT2D eigenvalue weighted by molar-refractivity contribution is 6.40. The lowest BCUT2D eigenvalue weighted by molar-refractivity contribution is 0.0988. The molecule has 112 valence electrons. The number of nitrogens with zero attached hydrogens (tertiary/aromatic N) is 1. The molecule has 0 atom stereocenters. The highest BCUT2D eigenvalue weighted by Crippen LogP contribution is 2.32. The Labute approximate surface area is 129 Å². The van der Waals surface area contributed by atoms with Crippen molar-refractivity contribution in [2.45, 2.75) is 13.8 Å². The molecule has 1 aliphatic carbocycles. The van der Waals surface area contributed by atoms with Gasteiger partial charge in [0.1, 0.15) is 0 Å². The first kappa shape index (κ1) is 14.5. The summed E-state index contributed by atoms with van der Waals surface area (Å²) in [6, 6.07) is 6.92. The van der Waals surface area contributed by atoms with E-state index in [-0.39, 0.29) is 23.7 Å². The van der Waals surface area contributed by atoms with Crippen LogP contribution in [0.2, 0.25) is 0 Å². The first-order valence-electron chi connectivity index (χ1n) is 7.22. The second-order valence-electron chi connectivity index (χ2n) is 5.48. The van der Waals surface area contributed by atoms with Crippen LogP contribution in [-0.4, -0.2) is 34.7 Å². The number of allylic oxidation sites excluding steroid dienone is 6. The van der Waals surface area contributed by atoms with Crippen molar-refractivity contribution in [2.75, 3.05) is 13.2 Å². The fourth-order valence-electron chi connectivity index (χ4n) is 3.04. The molecule has 0 saturated carbocycles. The predicted molar refractivity (Wildman–Crippen MR) is 83.4 cm³/mol. The van der Waals surface area contributed by atoms with Gasteiger partial charge in [0.15, 0.2) is 11.6 Å². The van der Waals surface area contributed by atoms with Crippen molar-refractivity contribution in [3.8, 4) is 0 Å². The van der Waals surface area contributed by atoms with E-state index in [4.69, 9.17) is 5.11 Å². The number of rotatable bonds is 2. The molecule has 0 unspecified atom stereocenters. The molecule has 0 fully saturated rings. The average Bonchev–Trinajstić information content (AvgIpc) is 2.75. The molecule has 22 heavy (non-hydrogen) atoms. The minimum Gasteiger partial charge on any atom is -0.395 e. The molecule has 3 rings (SSSR count). The van der Waals surface area contributed by atoms with Crippen LogP contribution in [0.15, 0.2) is 59.0 Å². The summed E-state index contributed by atoms with van der Waals surface area (Å²) in [4.78, 5) is 27.0. The van der Waals surface area contributed by atoms with Crippen molar-refractivity contribution in [1.82, 2.24) is 4.90 Å². The SMILES string of the molecule is CC1=CC(=C2C(=O)c3ccccc3C2=O)C=C(C)N1CCO. The molecule has 1 aliphatic heterocycles. The van der Waals surface area contributed by atoms with Crippen molar-refractivity contribution in [1.29, 1.82) is 0 Å². The molecule has 1 aromatic carbocycles. The first-order valence-corrected chi connectivity index (χ1v) is 7.22. The topological polar surface area (TPSA) is 57.6 Å². The second-order valence-corrected chi connectivity index (χ2v) is 5.48. The van der Waals surface area contributed by atoms with Crippen molar-refractivity contribution >= 4 is 11.6 Å². The number of aliphatic hydroxyl groups excluding tert-OH is 1. The number of aliphatic hydroxyl groups is 1. The smallest absolute Gasteiger partial charge is 0.198 e. The van der Waals surface area contributed by atoms with Crippen molar-refractivity contribution < 1.29 is 14.7 Å². The Morgan fingerprint density at radius 2 is 1.45 bits per heavy atom. The monoisotopic (exact) mass is 295 g/mol. The van der Waals surface area contributed by atoms with E-state index in [9.17, 15) is 9.59 Å². The Morgan fingerprint density at radius 1 is 0.955 bits per heavy atom. The fraction of sp³-hybridized carbons (Fsp3) is 0.222. The van der Waals surface area contributed by atoms with Gasteiger partial charge in [-0.2, -0.15) is 0 Å². The molecule has 4 heteroatoms. The van der Waals surface area contributed by atoms with Crippen molar-refractivity contribution in [3.63, 3.8) is 0 Å². The molecule has 0 bridgehead atoms. The minimum absolute atomic E-state index is 0.0472. The average molecular weight is 295 g/mol. The molecular formula is C18H17NO3. The van der Waals surface area contributed by atoms with Gasteiger partial charge in [0.25, 0.3) is 0 Å². The highest BCUT2D eigenvalue weighted by Gasteiger charge is 2.35. The first-order chi connectivity index (χ1) is 10.5. The molecule has 1 heterocycles. The van der Waals surface area contributed by atoms with Crippen LogP contribution in [0.3, 0.4) is 0 Å². The molecule has 0 saturated heterocycles. The van der Waals surface area contributed by atoms with E-state index in [1.54, 1.807) is 24.3 Å². The van der Waals surface area contributed by atoms with E-state index in [0.717, 1.165) is 11.4 Å². The largest absolute Gasteiger partial charge is 0.395 e. The molecule has 1 aromatic rings. The Morgan fingerprint density at radius 3 is 1.91 bits per heavy atom. The zero-order chi connectivity index (χ0) is 15.9. The minimum atomic E-state index is -0.209. The van der Waals surface area contributed by atoms with E-state index in [2.05, 4.69) is 0 Å². The second kappa shape index (κ2) is 5.39. The summed E-state index contributed by atoms with van der Waals surface area (Å²) >= 11 is 0. The number of β-amino-alcohol motifs (C(OH)–C–C–N with tert-alkyl or cyclic N) is 1. The van der Waals surface area contributed by atoms with Gasteiger partial charge in [0.05, 0.1) is 12.2 Å². The zero-order valence-corrected chi connectivity index (χ0v) is 12.6. The maximum Gasteiger partial charge on any atom is 0.198 e.